The van der Waals surface area contributed by atoms with Crippen molar-refractivity contribution >= 4 is 33.2 Å². The molecule has 8 heteroatoms. The molecule has 2 aromatic rings. The van der Waals surface area contributed by atoms with E-state index in [9.17, 15) is 19.3 Å². The van der Waals surface area contributed by atoms with Crippen LogP contribution < -0.4 is 5.32 Å². The lowest BCUT2D eigenvalue weighted by Crippen LogP contribution is -2.14. The van der Waals surface area contributed by atoms with Crippen LogP contribution >= 0.6 is 15.9 Å². The van der Waals surface area contributed by atoms with Gasteiger partial charge in [0.15, 0.2) is 0 Å². The number of nitro benzene ring substituents is 1. The third-order valence-corrected chi connectivity index (χ3v) is 3.04. The number of nitrogens with zero attached hydrogens (tertiary/aromatic N) is 2. The maximum Gasteiger partial charge on any atom is 0.292 e. The van der Waals surface area contributed by atoms with E-state index in [0.29, 0.717) is 0 Å². The summed E-state index contributed by atoms with van der Waals surface area (Å²) in [5, 5.41) is 13.1. The number of carbonyl (C=O) groups is 1. The van der Waals surface area contributed by atoms with Crippen molar-refractivity contribution in [1.82, 2.24) is 4.98 Å². The topological polar surface area (TPSA) is 85.1 Å². The number of rotatable bonds is 3. The smallest absolute Gasteiger partial charge is 0.292 e. The summed E-state index contributed by atoms with van der Waals surface area (Å²) in [5.74, 6) is -1.31. The van der Waals surface area contributed by atoms with Gasteiger partial charge in [0.2, 0.25) is 0 Å². The van der Waals surface area contributed by atoms with Crippen LogP contribution in [0.4, 0.5) is 15.8 Å². The lowest BCUT2D eigenvalue weighted by atomic mass is 10.2. The lowest BCUT2D eigenvalue weighted by molar-refractivity contribution is -0.384. The summed E-state index contributed by atoms with van der Waals surface area (Å²) in [7, 11) is 0. The lowest BCUT2D eigenvalue weighted by Gasteiger charge is -2.07. The molecule has 0 aliphatic heterocycles. The fraction of sp³-hybridized carbons (Fsp3) is 0. The summed E-state index contributed by atoms with van der Waals surface area (Å²) < 4.78 is 13.4. The van der Waals surface area contributed by atoms with Crippen LogP contribution in [0, 0.1) is 15.9 Å². The van der Waals surface area contributed by atoms with Gasteiger partial charge in [-0.3, -0.25) is 14.9 Å². The Hall–Kier alpha value is -2.35. The molecule has 102 valence electrons. The summed E-state index contributed by atoms with van der Waals surface area (Å²) >= 11 is 3.09. The highest BCUT2D eigenvalue weighted by molar-refractivity contribution is 9.10. The predicted molar refractivity (Wildman–Crippen MR) is 72.9 cm³/mol. The molecule has 1 aromatic heterocycles. The van der Waals surface area contributed by atoms with E-state index >= 15 is 0 Å². The van der Waals surface area contributed by atoms with Gasteiger partial charge < -0.3 is 5.32 Å². The van der Waals surface area contributed by atoms with Crippen molar-refractivity contribution in [1.29, 1.82) is 0 Å². The fourth-order valence-corrected chi connectivity index (χ4v) is 1.94. The average Bonchev–Trinajstić information content (AvgIpc) is 2.38. The molecule has 0 saturated carbocycles. The van der Waals surface area contributed by atoms with Crippen LogP contribution in [0.15, 0.2) is 41.1 Å². The Morgan fingerprint density at radius 1 is 1.40 bits per heavy atom. The van der Waals surface area contributed by atoms with Gasteiger partial charge in [-0.05, 0) is 34.1 Å². The van der Waals surface area contributed by atoms with Crippen LogP contribution in [0.2, 0.25) is 0 Å². The molecule has 0 saturated heterocycles. The largest absolute Gasteiger partial charge is 0.316 e. The van der Waals surface area contributed by atoms with E-state index in [1.54, 1.807) is 6.07 Å². The van der Waals surface area contributed by atoms with Gasteiger partial charge in [-0.15, -0.1) is 0 Å². The molecule has 0 aliphatic carbocycles. The minimum Gasteiger partial charge on any atom is -0.316 e. The summed E-state index contributed by atoms with van der Waals surface area (Å²) in [5.41, 5.74) is -0.415. The molecule has 6 nitrogen and oxygen atoms in total. The number of hydrogen-bond donors (Lipinski definition) is 1. The Morgan fingerprint density at radius 2 is 2.15 bits per heavy atom. The summed E-state index contributed by atoms with van der Waals surface area (Å²) in [4.78, 5) is 26.0. The number of pyridine rings is 1. The zero-order valence-electron chi connectivity index (χ0n) is 9.84. The first kappa shape index (κ1) is 14.1. The van der Waals surface area contributed by atoms with E-state index < -0.39 is 16.6 Å². The van der Waals surface area contributed by atoms with Gasteiger partial charge in [-0.2, -0.15) is 0 Å². The highest BCUT2D eigenvalue weighted by Gasteiger charge is 2.18. The van der Waals surface area contributed by atoms with Crippen LogP contribution in [-0.4, -0.2) is 15.8 Å². The van der Waals surface area contributed by atoms with Gasteiger partial charge in [-0.25, -0.2) is 9.37 Å². The number of nitro groups is 1. The Labute approximate surface area is 120 Å². The molecule has 0 atom stereocenters. The quantitative estimate of drug-likeness (QED) is 0.528. The number of nitrogens with one attached hydrogen (secondary N) is 1. The molecule has 0 aliphatic rings. The number of aromatic nitrogens is 1. The first-order valence-corrected chi connectivity index (χ1v) is 6.14. The molecule has 0 spiro atoms. The monoisotopic (exact) mass is 339 g/mol. The highest BCUT2D eigenvalue weighted by atomic mass is 79.9. The van der Waals surface area contributed by atoms with Gasteiger partial charge >= 0.3 is 0 Å². The van der Waals surface area contributed by atoms with E-state index in [1.807, 2.05) is 0 Å². The number of halogens is 2. The number of carbonyl (C=O) groups excluding carboxylic acids is 1. The zero-order chi connectivity index (χ0) is 14.7. The van der Waals surface area contributed by atoms with Crippen LogP contribution in [-0.2, 0) is 0 Å². The molecule has 1 heterocycles. The van der Waals surface area contributed by atoms with E-state index in [0.717, 1.165) is 18.2 Å². The van der Waals surface area contributed by atoms with Crippen molar-refractivity contribution in [3.8, 4) is 0 Å². The van der Waals surface area contributed by atoms with E-state index in [2.05, 4.69) is 26.2 Å². The van der Waals surface area contributed by atoms with Crippen LogP contribution in [0.5, 0.6) is 0 Å². The second-order valence-corrected chi connectivity index (χ2v) is 4.47. The van der Waals surface area contributed by atoms with Crippen molar-refractivity contribution in [3.05, 3.63) is 62.6 Å². The number of hydrogen-bond acceptors (Lipinski definition) is 4. The normalized spacial score (nSPS) is 10.1. The predicted octanol–water partition coefficient (Wildman–Crippen LogP) is 3.14. The molecule has 0 bridgehead atoms. The van der Waals surface area contributed by atoms with Crippen LogP contribution in [0.3, 0.4) is 0 Å². The van der Waals surface area contributed by atoms with Crippen LogP contribution in [0.1, 0.15) is 10.4 Å². The molecule has 1 aromatic carbocycles. The maximum atomic E-state index is 13.1. The standard InChI is InChI=1S/C12H7BrFN3O3/c13-11-8(2-1-5-15-11)12(18)16-9-6-7(14)3-4-10(9)17(19)20/h1-6H,(H,16,18). The molecule has 0 unspecified atom stereocenters. The third kappa shape index (κ3) is 2.97. The van der Waals surface area contributed by atoms with Crippen molar-refractivity contribution in [2.24, 2.45) is 0 Å². The Morgan fingerprint density at radius 3 is 2.80 bits per heavy atom. The highest BCUT2D eigenvalue weighted by Crippen LogP contribution is 2.26. The van der Waals surface area contributed by atoms with E-state index in [4.69, 9.17) is 0 Å². The fourth-order valence-electron chi connectivity index (χ4n) is 1.51. The Balaban J connectivity index is 2.35. The summed E-state index contributed by atoms with van der Waals surface area (Å²) in [6.07, 6.45) is 1.48. The van der Waals surface area contributed by atoms with Crippen molar-refractivity contribution in [3.63, 3.8) is 0 Å². The Bertz CT molecular complexity index is 693. The summed E-state index contributed by atoms with van der Waals surface area (Å²) in [6.45, 7) is 0. The molecule has 0 fully saturated rings. The van der Waals surface area contributed by atoms with Crippen LogP contribution in [0.25, 0.3) is 0 Å². The second kappa shape index (κ2) is 5.74. The number of anilines is 1. The second-order valence-electron chi connectivity index (χ2n) is 3.71. The number of amides is 1. The molecular weight excluding hydrogens is 333 g/mol. The minimum atomic E-state index is -0.701. The first-order chi connectivity index (χ1) is 9.49. The van der Waals surface area contributed by atoms with Gasteiger partial charge in [0, 0.05) is 18.3 Å². The summed E-state index contributed by atoms with van der Waals surface area (Å²) in [6, 6.07) is 5.86. The Kier molecular flexibility index (Phi) is 4.04. The van der Waals surface area contributed by atoms with Gasteiger partial charge in [-0.1, -0.05) is 0 Å². The van der Waals surface area contributed by atoms with Crippen molar-refractivity contribution < 1.29 is 14.1 Å². The molecule has 2 rings (SSSR count). The number of benzene rings is 1. The molecular formula is C12H7BrFN3O3. The minimum absolute atomic E-state index is 0.186. The van der Waals surface area contributed by atoms with Crippen molar-refractivity contribution in [2.45, 2.75) is 0 Å². The van der Waals surface area contributed by atoms with Crippen molar-refractivity contribution in [2.75, 3.05) is 5.32 Å². The maximum absolute atomic E-state index is 13.1. The van der Waals surface area contributed by atoms with E-state index in [-0.39, 0.29) is 21.5 Å². The molecule has 20 heavy (non-hydrogen) atoms. The van der Waals surface area contributed by atoms with Gasteiger partial charge in [0.25, 0.3) is 11.6 Å². The average molecular weight is 340 g/mol. The van der Waals surface area contributed by atoms with Gasteiger partial charge in [0.1, 0.15) is 16.1 Å². The molecule has 0 radical (unpaired) electrons. The first-order valence-electron chi connectivity index (χ1n) is 5.35. The third-order valence-electron chi connectivity index (χ3n) is 2.41. The SMILES string of the molecule is O=C(Nc1cc(F)ccc1[N+](=O)[O-])c1cccnc1Br. The zero-order valence-corrected chi connectivity index (χ0v) is 11.4. The molecule has 1 N–H and O–H groups in total. The van der Waals surface area contributed by atoms with E-state index in [1.165, 1.54) is 12.3 Å². The molecule has 1 amide bonds. The van der Waals surface area contributed by atoms with Gasteiger partial charge in [0.05, 0.1) is 10.5 Å².